The molecule has 4 rings (SSSR count). The molecule has 1 aromatic carbocycles. The molecule has 2 aromatic rings. The van der Waals surface area contributed by atoms with Gasteiger partial charge in [0.25, 0.3) is 0 Å². The fourth-order valence-electron chi connectivity index (χ4n) is 3.90. The molecule has 0 saturated heterocycles. The van der Waals surface area contributed by atoms with Gasteiger partial charge in [0.1, 0.15) is 11.6 Å². The summed E-state index contributed by atoms with van der Waals surface area (Å²) >= 11 is 0.0768. The second-order valence-corrected chi connectivity index (χ2v) is 9.30. The van der Waals surface area contributed by atoms with Crippen molar-refractivity contribution in [2.24, 2.45) is 5.92 Å². The first-order chi connectivity index (χ1) is 13.2. The average Bonchev–Trinajstić information content (AvgIpc) is 3.17. The molecule has 5 heteroatoms. The van der Waals surface area contributed by atoms with Crippen molar-refractivity contribution in [3.8, 4) is 0 Å². The number of aromatic amines is 1. The highest BCUT2D eigenvalue weighted by Gasteiger charge is 2.30. The van der Waals surface area contributed by atoms with Crippen LogP contribution in [0.4, 0.5) is 4.39 Å². The van der Waals surface area contributed by atoms with Gasteiger partial charge in [0.2, 0.25) is 0 Å². The number of aryl methyl sites for hydroxylation is 1. The number of allylic oxidation sites excluding steroid dienone is 3. The topological polar surface area (TPSA) is 45.8 Å². The summed E-state index contributed by atoms with van der Waals surface area (Å²) in [5.74, 6) is 0.180. The molecule has 0 amide bonds. The molecule has 1 N–H and O–H groups in total. The lowest BCUT2D eigenvalue weighted by molar-refractivity contribution is -0.125. The molecule has 1 aliphatic carbocycles. The van der Waals surface area contributed by atoms with Gasteiger partial charge in [-0.3, -0.25) is 9.89 Å². The molecule has 140 valence electrons. The number of halogens is 2. The number of nitrogens with one attached hydrogen (secondary N) is 1. The van der Waals surface area contributed by atoms with Gasteiger partial charge in [0.05, 0.1) is 5.69 Å². The number of rotatable bonds is 5. The molecular weight excluding hydrogens is 454 g/mol. The number of Topliss-reactive ketones (excluding diaryl/α,β-unsaturated/α-hetero) is 1. The van der Waals surface area contributed by atoms with Crippen molar-refractivity contribution in [1.29, 1.82) is 0 Å². The monoisotopic (exact) mass is 476 g/mol. The van der Waals surface area contributed by atoms with Crippen LogP contribution in [0.5, 0.6) is 0 Å². The van der Waals surface area contributed by atoms with Crippen LogP contribution in [0.15, 0.2) is 46.6 Å². The summed E-state index contributed by atoms with van der Waals surface area (Å²) in [5.41, 5.74) is 3.87. The van der Waals surface area contributed by atoms with Crippen molar-refractivity contribution in [2.45, 2.75) is 38.0 Å². The lowest BCUT2D eigenvalue weighted by atomic mass is 9.76. The van der Waals surface area contributed by atoms with Gasteiger partial charge in [-0.2, -0.15) is 5.10 Å². The average molecular weight is 476 g/mol. The Kier molecular flexibility index (Phi) is 5.76. The van der Waals surface area contributed by atoms with Crippen LogP contribution >= 0.6 is 20.7 Å². The first-order valence-electron chi connectivity index (χ1n) is 9.34. The number of ketones is 1. The van der Waals surface area contributed by atoms with Crippen molar-refractivity contribution in [3.63, 3.8) is 0 Å². The molecular formula is C22H22FIN2O. The molecule has 3 nitrogen and oxygen atoms in total. The second kappa shape index (κ2) is 8.42. The van der Waals surface area contributed by atoms with Gasteiger partial charge in [0.15, 0.2) is 0 Å². The maximum atomic E-state index is 14.0. The number of carbonyl (C=O) groups excluding carboxylic acids is 1. The number of hydrogen-bond donors (Lipinski definition) is 1. The van der Waals surface area contributed by atoms with Crippen LogP contribution in [0.3, 0.4) is 0 Å². The Bertz CT molecular complexity index is 928. The normalized spacial score (nSPS) is 22.4. The minimum Gasteiger partial charge on any atom is -0.299 e. The Balaban J connectivity index is 1.34. The van der Waals surface area contributed by atoms with E-state index in [4.69, 9.17) is 0 Å². The van der Waals surface area contributed by atoms with Crippen LogP contribution in [0.25, 0.3) is 5.57 Å². The Labute approximate surface area is 168 Å². The van der Waals surface area contributed by atoms with Gasteiger partial charge < -0.3 is 0 Å². The van der Waals surface area contributed by atoms with Gasteiger partial charge in [-0.25, -0.2) is 4.39 Å². The lowest BCUT2D eigenvalue weighted by Crippen LogP contribution is -2.25. The van der Waals surface area contributed by atoms with Crippen LogP contribution < -0.4 is 0 Å². The fraction of sp³-hybridized carbons (Fsp3) is 0.318. The fourth-order valence-corrected chi connectivity index (χ4v) is 5.33. The molecule has 1 aliphatic heterocycles. The van der Waals surface area contributed by atoms with Crippen molar-refractivity contribution < 1.29 is 9.18 Å². The predicted molar refractivity (Wildman–Crippen MR) is 116 cm³/mol. The van der Waals surface area contributed by atoms with E-state index in [0.29, 0.717) is 12.0 Å². The van der Waals surface area contributed by atoms with Crippen LogP contribution in [0, 0.1) is 11.7 Å². The molecule has 2 atom stereocenters. The van der Waals surface area contributed by atoms with E-state index in [2.05, 4.69) is 36.5 Å². The van der Waals surface area contributed by atoms with E-state index in [0.717, 1.165) is 42.6 Å². The number of carbonyl (C=O) groups is 1. The van der Waals surface area contributed by atoms with Crippen molar-refractivity contribution in [2.75, 3.05) is 0 Å². The smallest absolute Gasteiger partial charge is 0.136 e. The van der Waals surface area contributed by atoms with Crippen LogP contribution in [0.1, 0.15) is 48.6 Å². The minimum atomic E-state index is -0.191. The zero-order chi connectivity index (χ0) is 18.6. The molecule has 0 spiro atoms. The molecule has 2 aliphatic rings. The molecule has 0 bridgehead atoms. The van der Waals surface area contributed by atoms with E-state index in [1.807, 2.05) is 12.1 Å². The highest BCUT2D eigenvalue weighted by Crippen LogP contribution is 2.36. The van der Waals surface area contributed by atoms with Crippen LogP contribution in [-0.4, -0.2) is 20.0 Å². The summed E-state index contributed by atoms with van der Waals surface area (Å²) in [6.07, 6.45) is 8.10. The number of benzene rings is 1. The second-order valence-electron chi connectivity index (χ2n) is 7.15. The van der Waals surface area contributed by atoms with Gasteiger partial charge in [-0.05, 0) is 69.5 Å². The van der Waals surface area contributed by atoms with Crippen molar-refractivity contribution in [1.82, 2.24) is 10.2 Å². The zero-order valence-electron chi connectivity index (χ0n) is 15.0. The summed E-state index contributed by atoms with van der Waals surface area (Å²) in [6, 6.07) is 8.93. The number of nitrogens with zero attached hydrogens (tertiary/aromatic N) is 1. The third-order valence-electron chi connectivity index (χ3n) is 5.43. The maximum absolute atomic E-state index is 14.0. The number of H-pyrrole nitrogens is 1. The molecule has 2 heterocycles. The Hall–Kier alpha value is -1.89. The van der Waals surface area contributed by atoms with E-state index >= 15 is 0 Å². The first-order valence-corrected chi connectivity index (χ1v) is 11.8. The van der Waals surface area contributed by atoms with Crippen LogP contribution in [-0.2, 0) is 11.2 Å². The van der Waals surface area contributed by atoms with Gasteiger partial charge in [0, 0.05) is 23.6 Å². The summed E-state index contributed by atoms with van der Waals surface area (Å²) < 4.78 is 18.5. The molecule has 27 heavy (non-hydrogen) atoms. The number of hydrogen-bond acceptors (Lipinski definition) is 2. The van der Waals surface area contributed by atoms with Crippen molar-refractivity contribution >= 4 is 36.1 Å². The highest BCUT2D eigenvalue weighted by molar-refractivity contribution is 14.2. The van der Waals surface area contributed by atoms with E-state index in [1.54, 1.807) is 6.07 Å². The SMILES string of the molecule is O=C1CC(c2ccccc2F)CCC1CCc1cc(C2=CC=IC=C2)n[nH]1. The van der Waals surface area contributed by atoms with Crippen molar-refractivity contribution in [3.05, 3.63) is 69.3 Å². The Morgan fingerprint density at radius 3 is 2.93 bits per heavy atom. The maximum Gasteiger partial charge on any atom is 0.136 e. The Morgan fingerprint density at radius 1 is 1.26 bits per heavy atom. The molecule has 1 fully saturated rings. The molecule has 1 aromatic heterocycles. The third kappa shape index (κ3) is 4.34. The van der Waals surface area contributed by atoms with Gasteiger partial charge in [-0.15, -0.1) is 0 Å². The lowest BCUT2D eigenvalue weighted by Gasteiger charge is -2.27. The quantitative estimate of drug-likeness (QED) is 0.594. The molecule has 1 saturated carbocycles. The first kappa shape index (κ1) is 18.5. The zero-order valence-corrected chi connectivity index (χ0v) is 17.2. The predicted octanol–water partition coefficient (Wildman–Crippen LogP) is 5.32. The minimum absolute atomic E-state index is 0.0257. The number of aromatic nitrogens is 2. The van der Waals surface area contributed by atoms with Gasteiger partial charge >= 0.3 is 0 Å². The van der Waals surface area contributed by atoms with Crippen LogP contribution in [0.2, 0.25) is 0 Å². The van der Waals surface area contributed by atoms with E-state index in [1.165, 1.54) is 6.07 Å². The van der Waals surface area contributed by atoms with E-state index in [9.17, 15) is 9.18 Å². The molecule has 0 radical (unpaired) electrons. The summed E-state index contributed by atoms with van der Waals surface area (Å²) in [4.78, 5) is 12.6. The largest absolute Gasteiger partial charge is 0.299 e. The summed E-state index contributed by atoms with van der Waals surface area (Å²) in [6.45, 7) is 0. The third-order valence-corrected chi connectivity index (χ3v) is 6.98. The van der Waals surface area contributed by atoms with Gasteiger partial charge in [-0.1, -0.05) is 38.9 Å². The summed E-state index contributed by atoms with van der Waals surface area (Å²) in [5, 5.41) is 7.51. The highest BCUT2D eigenvalue weighted by atomic mass is 127. The summed E-state index contributed by atoms with van der Waals surface area (Å²) in [7, 11) is 0. The van der Waals surface area contributed by atoms with E-state index in [-0.39, 0.29) is 44.2 Å². The Morgan fingerprint density at radius 2 is 2.15 bits per heavy atom. The van der Waals surface area contributed by atoms with E-state index < -0.39 is 0 Å². The molecule has 2 unspecified atom stereocenters. The standard InChI is InChI=1S/C22H22FIN2O/c23-20-4-2-1-3-19(20)17-6-5-16(22(27)13-17)7-8-18-14-21(26-25-18)15-9-11-24-12-10-15/h1-4,9-12,14,16-17H,5-8,13H2,(H,25,26).